The van der Waals surface area contributed by atoms with Gasteiger partial charge in [-0.3, -0.25) is 0 Å². The molecule has 108 valence electrons. The van der Waals surface area contributed by atoms with Crippen molar-refractivity contribution < 1.29 is 9.84 Å². The fourth-order valence-electron chi connectivity index (χ4n) is 2.48. The van der Waals surface area contributed by atoms with Gasteiger partial charge in [0.25, 0.3) is 0 Å². The zero-order chi connectivity index (χ0) is 14.5. The van der Waals surface area contributed by atoms with E-state index in [1.54, 1.807) is 6.92 Å². The lowest BCUT2D eigenvalue weighted by Crippen LogP contribution is -2.12. The van der Waals surface area contributed by atoms with Crippen LogP contribution in [0, 0.1) is 5.92 Å². The minimum Gasteiger partial charge on any atom is -0.492 e. The third kappa shape index (κ3) is 3.13. The first kappa shape index (κ1) is 14.9. The highest BCUT2D eigenvalue weighted by Crippen LogP contribution is 2.34. The molecule has 2 aromatic rings. The van der Waals surface area contributed by atoms with Gasteiger partial charge in [0, 0.05) is 10.9 Å². The molecule has 0 bridgehead atoms. The van der Waals surface area contributed by atoms with Gasteiger partial charge in [-0.1, -0.05) is 63.1 Å². The first-order valence-corrected chi connectivity index (χ1v) is 7.49. The van der Waals surface area contributed by atoms with E-state index in [-0.39, 0.29) is 0 Å². The van der Waals surface area contributed by atoms with Crippen LogP contribution in [0.25, 0.3) is 10.8 Å². The molecule has 2 nitrogen and oxygen atoms in total. The van der Waals surface area contributed by atoms with Gasteiger partial charge >= 0.3 is 0 Å². The molecule has 2 rings (SSSR count). The lowest BCUT2D eigenvalue weighted by Gasteiger charge is -2.19. The summed E-state index contributed by atoms with van der Waals surface area (Å²) in [6.07, 6.45) is 1.72. The summed E-state index contributed by atoms with van der Waals surface area (Å²) in [5.74, 6) is 1.40. The smallest absolute Gasteiger partial charge is 0.132 e. The molecule has 0 fully saturated rings. The van der Waals surface area contributed by atoms with Gasteiger partial charge in [0.15, 0.2) is 0 Å². The Morgan fingerprint density at radius 1 is 1.05 bits per heavy atom. The Kier molecular flexibility index (Phi) is 5.02. The zero-order valence-corrected chi connectivity index (χ0v) is 12.6. The fraction of sp³-hybridized carbons (Fsp3) is 0.444. The van der Waals surface area contributed by atoms with Gasteiger partial charge in [-0.05, 0) is 18.2 Å². The maximum absolute atomic E-state index is 9.96. The molecule has 2 heteroatoms. The third-order valence-corrected chi connectivity index (χ3v) is 3.98. The van der Waals surface area contributed by atoms with E-state index in [4.69, 9.17) is 4.74 Å². The Morgan fingerprint density at radius 2 is 1.75 bits per heavy atom. The zero-order valence-electron chi connectivity index (χ0n) is 12.6. The Labute approximate surface area is 121 Å². The van der Waals surface area contributed by atoms with E-state index >= 15 is 0 Å². The highest BCUT2D eigenvalue weighted by atomic mass is 16.5. The van der Waals surface area contributed by atoms with Gasteiger partial charge < -0.3 is 9.84 Å². The summed E-state index contributed by atoms with van der Waals surface area (Å²) in [5, 5.41) is 12.2. The molecule has 0 aromatic heterocycles. The number of rotatable bonds is 6. The number of ether oxygens (including phenoxy) is 1. The summed E-state index contributed by atoms with van der Waals surface area (Å²) in [4.78, 5) is 0. The monoisotopic (exact) mass is 272 g/mol. The summed E-state index contributed by atoms with van der Waals surface area (Å²) in [5.41, 5.74) is 0.870. The van der Waals surface area contributed by atoms with Gasteiger partial charge in [-0.2, -0.15) is 0 Å². The molecule has 1 N–H and O–H groups in total. The Bertz CT molecular complexity index is 556. The summed E-state index contributed by atoms with van der Waals surface area (Å²) in [7, 11) is 0. The van der Waals surface area contributed by atoms with Crippen molar-refractivity contribution in [3.05, 3.63) is 42.0 Å². The molecular weight excluding hydrogens is 248 g/mol. The molecule has 0 aliphatic carbocycles. The SMILES string of the molecule is CCC(CC)COc1c(C(C)O)ccc2ccccc12. The largest absolute Gasteiger partial charge is 0.492 e. The minimum atomic E-state index is -0.517. The molecule has 0 amide bonds. The molecule has 0 heterocycles. The van der Waals surface area contributed by atoms with Crippen molar-refractivity contribution >= 4 is 10.8 Å². The van der Waals surface area contributed by atoms with Crippen molar-refractivity contribution in [2.24, 2.45) is 5.92 Å². The highest BCUT2D eigenvalue weighted by molar-refractivity contribution is 5.89. The third-order valence-electron chi connectivity index (χ3n) is 3.98. The van der Waals surface area contributed by atoms with Gasteiger partial charge in [0.1, 0.15) is 5.75 Å². The van der Waals surface area contributed by atoms with Crippen LogP contribution >= 0.6 is 0 Å². The quantitative estimate of drug-likeness (QED) is 0.825. The van der Waals surface area contributed by atoms with Crippen LogP contribution in [-0.4, -0.2) is 11.7 Å². The van der Waals surface area contributed by atoms with Crippen LogP contribution < -0.4 is 4.74 Å². The van der Waals surface area contributed by atoms with E-state index in [1.807, 2.05) is 24.3 Å². The number of benzene rings is 2. The summed E-state index contributed by atoms with van der Waals surface area (Å²) in [6, 6.07) is 12.2. The topological polar surface area (TPSA) is 29.5 Å². The maximum Gasteiger partial charge on any atom is 0.132 e. The van der Waals surface area contributed by atoms with Gasteiger partial charge in [0.05, 0.1) is 12.7 Å². The fourth-order valence-corrected chi connectivity index (χ4v) is 2.48. The second kappa shape index (κ2) is 6.76. The molecule has 0 saturated carbocycles. The molecule has 0 radical (unpaired) electrons. The lowest BCUT2D eigenvalue weighted by atomic mass is 10.0. The molecule has 0 aliphatic heterocycles. The van der Waals surface area contributed by atoms with E-state index < -0.39 is 6.10 Å². The van der Waals surface area contributed by atoms with E-state index in [0.29, 0.717) is 12.5 Å². The number of aliphatic hydroxyl groups excluding tert-OH is 1. The molecule has 0 aliphatic rings. The predicted molar refractivity (Wildman–Crippen MR) is 84.1 cm³/mol. The van der Waals surface area contributed by atoms with Crippen molar-refractivity contribution in [3.8, 4) is 5.75 Å². The van der Waals surface area contributed by atoms with E-state index in [9.17, 15) is 5.11 Å². The minimum absolute atomic E-state index is 0.517. The standard InChI is InChI=1S/C18H24O2/c1-4-14(5-2)12-20-18-16(13(3)19)11-10-15-8-6-7-9-17(15)18/h6-11,13-14,19H,4-5,12H2,1-3H3. The van der Waals surface area contributed by atoms with Gasteiger partial charge in [-0.25, -0.2) is 0 Å². The molecule has 2 aromatic carbocycles. The highest BCUT2D eigenvalue weighted by Gasteiger charge is 2.14. The lowest BCUT2D eigenvalue weighted by molar-refractivity contribution is 0.185. The van der Waals surface area contributed by atoms with Crippen LogP contribution in [0.2, 0.25) is 0 Å². The van der Waals surface area contributed by atoms with Crippen molar-refractivity contribution in [2.45, 2.75) is 39.7 Å². The van der Waals surface area contributed by atoms with Crippen molar-refractivity contribution in [3.63, 3.8) is 0 Å². The number of fused-ring (bicyclic) bond motifs is 1. The van der Waals surface area contributed by atoms with Crippen molar-refractivity contribution in [2.75, 3.05) is 6.61 Å². The van der Waals surface area contributed by atoms with Crippen molar-refractivity contribution in [1.82, 2.24) is 0 Å². The average molecular weight is 272 g/mol. The van der Waals surface area contributed by atoms with E-state index in [1.165, 1.54) is 0 Å². The summed E-state index contributed by atoms with van der Waals surface area (Å²) >= 11 is 0. The van der Waals surface area contributed by atoms with E-state index in [0.717, 1.165) is 34.9 Å². The Morgan fingerprint density at radius 3 is 2.40 bits per heavy atom. The molecule has 0 saturated heterocycles. The molecule has 20 heavy (non-hydrogen) atoms. The van der Waals surface area contributed by atoms with E-state index in [2.05, 4.69) is 26.0 Å². The van der Waals surface area contributed by atoms with Crippen molar-refractivity contribution in [1.29, 1.82) is 0 Å². The second-order valence-corrected chi connectivity index (χ2v) is 5.37. The Hall–Kier alpha value is -1.54. The molecule has 0 spiro atoms. The van der Waals surface area contributed by atoms with Gasteiger partial charge in [-0.15, -0.1) is 0 Å². The van der Waals surface area contributed by atoms with Crippen LogP contribution in [0.15, 0.2) is 36.4 Å². The summed E-state index contributed by atoms with van der Waals surface area (Å²) < 4.78 is 6.10. The average Bonchev–Trinajstić information content (AvgIpc) is 2.47. The molecular formula is C18H24O2. The number of hydrogen-bond acceptors (Lipinski definition) is 2. The first-order chi connectivity index (χ1) is 9.67. The van der Waals surface area contributed by atoms with Crippen LogP contribution in [-0.2, 0) is 0 Å². The Balaban J connectivity index is 2.39. The predicted octanol–water partition coefficient (Wildman–Crippen LogP) is 4.71. The first-order valence-electron chi connectivity index (χ1n) is 7.49. The normalized spacial score (nSPS) is 12.8. The summed E-state index contributed by atoms with van der Waals surface area (Å²) in [6.45, 7) is 6.88. The molecule has 1 unspecified atom stereocenters. The van der Waals surface area contributed by atoms with Crippen LogP contribution in [0.1, 0.15) is 45.3 Å². The molecule has 1 atom stereocenters. The van der Waals surface area contributed by atoms with Crippen LogP contribution in [0.5, 0.6) is 5.75 Å². The maximum atomic E-state index is 9.96. The second-order valence-electron chi connectivity index (χ2n) is 5.37. The van der Waals surface area contributed by atoms with Crippen LogP contribution in [0.3, 0.4) is 0 Å². The number of hydrogen-bond donors (Lipinski definition) is 1. The van der Waals surface area contributed by atoms with Crippen LogP contribution in [0.4, 0.5) is 0 Å². The van der Waals surface area contributed by atoms with Gasteiger partial charge in [0.2, 0.25) is 0 Å². The number of aliphatic hydroxyl groups is 1.